The average molecular weight is 155 g/mol. The molecule has 1 heterocycles. The van der Waals surface area contributed by atoms with Gasteiger partial charge < -0.3 is 5.11 Å². The Balaban J connectivity index is 2.76. The Hall–Kier alpha value is -1.32. The molecule has 0 saturated carbocycles. The van der Waals surface area contributed by atoms with Crippen molar-refractivity contribution < 1.29 is 14.5 Å². The predicted molar refractivity (Wildman–Crippen MR) is 38.0 cm³/mol. The fourth-order valence-corrected chi connectivity index (χ4v) is 0.987. The highest BCUT2D eigenvalue weighted by atomic mass is 16.4. The van der Waals surface area contributed by atoms with E-state index in [1.54, 1.807) is 10.9 Å². The van der Waals surface area contributed by atoms with Crippen molar-refractivity contribution in [1.82, 2.24) is 4.98 Å². The first-order valence-electron chi connectivity index (χ1n) is 3.51. The number of carboxylic acid groups (broad SMARTS) is 1. The van der Waals surface area contributed by atoms with Gasteiger partial charge in [0, 0.05) is 6.42 Å². The minimum atomic E-state index is -0.815. The number of rotatable bonds is 3. The van der Waals surface area contributed by atoms with Crippen molar-refractivity contribution >= 4 is 5.97 Å². The number of H-pyrrole nitrogens is 1. The number of aliphatic carboxylic acids is 1. The Morgan fingerprint density at radius 3 is 3.09 bits per heavy atom. The van der Waals surface area contributed by atoms with Gasteiger partial charge in [-0.05, 0) is 0 Å². The van der Waals surface area contributed by atoms with Crippen LogP contribution in [0.3, 0.4) is 0 Å². The average Bonchev–Trinajstić information content (AvgIpc) is 2.34. The maximum Gasteiger partial charge on any atom is 0.346 e. The molecule has 0 bridgehead atoms. The van der Waals surface area contributed by atoms with Crippen LogP contribution in [0.1, 0.15) is 12.6 Å². The number of aryl methyl sites for hydroxylation is 1. The van der Waals surface area contributed by atoms with E-state index in [2.05, 4.69) is 4.98 Å². The van der Waals surface area contributed by atoms with Crippen LogP contribution in [0.4, 0.5) is 0 Å². The third kappa shape index (κ3) is 1.80. The Morgan fingerprint density at radius 1 is 1.82 bits per heavy atom. The van der Waals surface area contributed by atoms with Gasteiger partial charge in [0.1, 0.15) is 11.9 Å². The van der Waals surface area contributed by atoms with Gasteiger partial charge in [0.25, 0.3) is 0 Å². The second-order valence-corrected chi connectivity index (χ2v) is 2.31. The summed E-state index contributed by atoms with van der Waals surface area (Å²) in [5, 5.41) is 8.47. The largest absolute Gasteiger partial charge is 0.478 e. The molecular weight excluding hydrogens is 144 g/mol. The van der Waals surface area contributed by atoms with Crippen molar-refractivity contribution in [3.05, 3.63) is 18.2 Å². The van der Waals surface area contributed by atoms with Crippen molar-refractivity contribution in [3.63, 3.8) is 0 Å². The lowest BCUT2D eigenvalue weighted by Crippen LogP contribution is -2.39. The number of carbonyl (C=O) groups is 1. The van der Waals surface area contributed by atoms with Crippen LogP contribution in [-0.4, -0.2) is 16.1 Å². The molecule has 1 aromatic heterocycles. The molecule has 4 heteroatoms. The van der Waals surface area contributed by atoms with Gasteiger partial charge in [0.05, 0.1) is 0 Å². The van der Waals surface area contributed by atoms with Gasteiger partial charge in [-0.15, -0.1) is 0 Å². The zero-order valence-electron chi connectivity index (χ0n) is 6.37. The number of aromatic nitrogens is 2. The Kier molecular flexibility index (Phi) is 2.25. The first kappa shape index (κ1) is 7.78. The van der Waals surface area contributed by atoms with Gasteiger partial charge >= 0.3 is 5.97 Å². The topological polar surface area (TPSA) is 57.0 Å². The first-order valence-corrected chi connectivity index (χ1v) is 3.51. The van der Waals surface area contributed by atoms with Crippen LogP contribution in [0, 0.1) is 0 Å². The van der Waals surface area contributed by atoms with Gasteiger partial charge in [0.15, 0.2) is 6.54 Å². The van der Waals surface area contributed by atoms with Crippen molar-refractivity contribution in [2.75, 3.05) is 0 Å². The van der Waals surface area contributed by atoms with Crippen molar-refractivity contribution in [1.29, 1.82) is 0 Å². The number of carboxylic acids is 1. The standard InChI is InChI=1S/C7H10N2O2/c1-2-6-3-8-5-9(6)4-7(10)11/h3,5H,2,4H2,1H3,(H,10,11)/p+1. The SMILES string of the molecule is CCc1c[nH]c[n+]1CC(=O)O. The van der Waals surface area contributed by atoms with Crippen LogP contribution in [0.5, 0.6) is 0 Å². The van der Waals surface area contributed by atoms with Gasteiger partial charge in [0.2, 0.25) is 6.33 Å². The summed E-state index contributed by atoms with van der Waals surface area (Å²) in [5.41, 5.74) is 1.01. The van der Waals surface area contributed by atoms with E-state index in [0.29, 0.717) is 0 Å². The van der Waals surface area contributed by atoms with E-state index >= 15 is 0 Å². The van der Waals surface area contributed by atoms with Gasteiger partial charge in [-0.3, -0.25) is 0 Å². The Morgan fingerprint density at radius 2 is 2.55 bits per heavy atom. The van der Waals surface area contributed by atoms with E-state index in [4.69, 9.17) is 5.11 Å². The predicted octanol–water partition coefficient (Wildman–Crippen LogP) is -0.0508. The molecule has 0 radical (unpaired) electrons. The lowest BCUT2D eigenvalue weighted by molar-refractivity contribution is -0.691. The van der Waals surface area contributed by atoms with Crippen LogP contribution < -0.4 is 4.57 Å². The van der Waals surface area contributed by atoms with Crippen LogP contribution in [0.15, 0.2) is 12.5 Å². The fraction of sp³-hybridized carbons (Fsp3) is 0.429. The lowest BCUT2D eigenvalue weighted by atomic mass is 10.3. The molecule has 0 atom stereocenters. The number of imidazole rings is 1. The monoisotopic (exact) mass is 155 g/mol. The maximum atomic E-state index is 10.3. The van der Waals surface area contributed by atoms with E-state index in [0.717, 1.165) is 12.1 Å². The minimum absolute atomic E-state index is 0.0344. The number of nitrogens with zero attached hydrogens (tertiary/aromatic N) is 1. The van der Waals surface area contributed by atoms with Gasteiger partial charge in [-0.2, -0.15) is 0 Å². The maximum absolute atomic E-state index is 10.3. The highest BCUT2D eigenvalue weighted by Crippen LogP contribution is 1.88. The van der Waals surface area contributed by atoms with Crippen LogP contribution in [0.25, 0.3) is 0 Å². The third-order valence-electron chi connectivity index (χ3n) is 1.52. The molecular formula is C7H11N2O2+. The summed E-state index contributed by atoms with van der Waals surface area (Å²) in [6.07, 6.45) is 4.31. The van der Waals surface area contributed by atoms with Crippen molar-refractivity contribution in [2.24, 2.45) is 0 Å². The molecule has 0 fully saturated rings. The zero-order valence-corrected chi connectivity index (χ0v) is 6.37. The molecule has 0 aliphatic rings. The normalized spacial score (nSPS) is 9.91. The first-order chi connectivity index (χ1) is 5.24. The molecule has 11 heavy (non-hydrogen) atoms. The number of aromatic amines is 1. The van der Waals surface area contributed by atoms with E-state index < -0.39 is 5.97 Å². The summed E-state index contributed by atoms with van der Waals surface area (Å²) >= 11 is 0. The summed E-state index contributed by atoms with van der Waals surface area (Å²) in [6.45, 7) is 2.02. The van der Waals surface area contributed by atoms with Crippen LogP contribution in [0.2, 0.25) is 0 Å². The second-order valence-electron chi connectivity index (χ2n) is 2.31. The summed E-state index contributed by atoms with van der Waals surface area (Å²) in [6, 6.07) is 0. The smallest absolute Gasteiger partial charge is 0.346 e. The number of nitrogens with one attached hydrogen (secondary N) is 1. The molecule has 2 N–H and O–H groups in total. The second kappa shape index (κ2) is 3.18. The molecule has 0 unspecified atom stereocenters. The summed E-state index contributed by atoms with van der Waals surface area (Å²) in [4.78, 5) is 13.2. The molecule has 0 aromatic carbocycles. The molecule has 60 valence electrons. The van der Waals surface area contributed by atoms with Crippen LogP contribution >= 0.6 is 0 Å². The fourth-order valence-electron chi connectivity index (χ4n) is 0.987. The summed E-state index contributed by atoms with van der Waals surface area (Å²) in [5.74, 6) is -0.815. The van der Waals surface area contributed by atoms with E-state index in [-0.39, 0.29) is 6.54 Å². The van der Waals surface area contributed by atoms with E-state index in [9.17, 15) is 4.79 Å². The van der Waals surface area contributed by atoms with Gasteiger partial charge in [-0.25, -0.2) is 14.3 Å². The quantitative estimate of drug-likeness (QED) is 0.601. The molecule has 0 saturated heterocycles. The Labute approximate surface area is 64.5 Å². The number of hydrogen-bond acceptors (Lipinski definition) is 1. The van der Waals surface area contributed by atoms with E-state index in [1.807, 2.05) is 13.1 Å². The molecule has 4 nitrogen and oxygen atoms in total. The zero-order chi connectivity index (χ0) is 8.27. The molecule has 0 spiro atoms. The lowest BCUT2D eigenvalue weighted by Gasteiger charge is -1.93. The summed E-state index contributed by atoms with van der Waals surface area (Å²) in [7, 11) is 0. The Bertz CT molecular complexity index is 255. The summed E-state index contributed by atoms with van der Waals surface area (Å²) < 4.78 is 1.68. The number of hydrogen-bond donors (Lipinski definition) is 2. The van der Waals surface area contributed by atoms with E-state index in [1.165, 1.54) is 0 Å². The van der Waals surface area contributed by atoms with Crippen molar-refractivity contribution in [2.45, 2.75) is 19.9 Å². The molecule has 1 aromatic rings. The van der Waals surface area contributed by atoms with Crippen molar-refractivity contribution in [3.8, 4) is 0 Å². The molecule has 1 rings (SSSR count). The molecule has 0 aliphatic heterocycles. The highest BCUT2D eigenvalue weighted by molar-refractivity contribution is 5.64. The van der Waals surface area contributed by atoms with Gasteiger partial charge in [-0.1, -0.05) is 6.92 Å². The minimum Gasteiger partial charge on any atom is -0.478 e. The molecule has 0 amide bonds. The molecule has 0 aliphatic carbocycles. The third-order valence-corrected chi connectivity index (χ3v) is 1.52. The highest BCUT2D eigenvalue weighted by Gasteiger charge is 2.09. The van der Waals surface area contributed by atoms with Crippen LogP contribution in [-0.2, 0) is 17.8 Å².